The van der Waals surface area contributed by atoms with Gasteiger partial charge in [0.1, 0.15) is 5.82 Å². The quantitative estimate of drug-likeness (QED) is 0.901. The molecule has 2 rings (SSSR count). The molecule has 1 saturated heterocycles. The highest BCUT2D eigenvalue weighted by Gasteiger charge is 2.33. The SMILES string of the molecule is CC1(C)CN(CC(=O)Nc2cc(Cl)ccc2F)CCC1N. The molecule has 1 amide bonds. The van der Waals surface area contributed by atoms with Crippen molar-refractivity contribution >= 4 is 23.2 Å². The zero-order valence-electron chi connectivity index (χ0n) is 12.3. The van der Waals surface area contributed by atoms with Gasteiger partial charge in [0.25, 0.3) is 0 Å². The number of carbonyl (C=O) groups is 1. The van der Waals surface area contributed by atoms with Crippen LogP contribution in [-0.2, 0) is 4.79 Å². The van der Waals surface area contributed by atoms with Gasteiger partial charge in [0.2, 0.25) is 5.91 Å². The topological polar surface area (TPSA) is 58.4 Å². The number of nitrogens with one attached hydrogen (secondary N) is 1. The van der Waals surface area contributed by atoms with Crippen LogP contribution in [0.2, 0.25) is 5.02 Å². The van der Waals surface area contributed by atoms with E-state index in [9.17, 15) is 9.18 Å². The maximum atomic E-state index is 13.6. The normalized spacial score (nSPS) is 22.0. The van der Waals surface area contributed by atoms with Gasteiger partial charge >= 0.3 is 0 Å². The van der Waals surface area contributed by atoms with Crippen LogP contribution >= 0.6 is 11.6 Å². The highest BCUT2D eigenvalue weighted by molar-refractivity contribution is 6.30. The fourth-order valence-corrected chi connectivity index (χ4v) is 2.78. The first-order valence-electron chi connectivity index (χ1n) is 7.01. The molecule has 1 aliphatic rings. The summed E-state index contributed by atoms with van der Waals surface area (Å²) in [7, 11) is 0. The maximum absolute atomic E-state index is 13.6. The first-order chi connectivity index (χ1) is 9.78. The summed E-state index contributed by atoms with van der Waals surface area (Å²) in [5.74, 6) is -0.740. The Bertz CT molecular complexity index is 536. The summed E-state index contributed by atoms with van der Waals surface area (Å²) in [4.78, 5) is 14.1. The Labute approximate surface area is 129 Å². The van der Waals surface area contributed by atoms with Gasteiger partial charge in [0.15, 0.2) is 0 Å². The molecule has 0 saturated carbocycles. The number of hydrogen-bond donors (Lipinski definition) is 2. The van der Waals surface area contributed by atoms with Crippen molar-refractivity contribution in [2.45, 2.75) is 26.3 Å². The van der Waals surface area contributed by atoms with Gasteiger partial charge in [-0.05, 0) is 30.0 Å². The standard InChI is InChI=1S/C15H21ClFN3O/c1-15(2)9-20(6-5-13(15)18)8-14(21)19-12-7-10(16)3-4-11(12)17/h3-4,7,13H,5-6,8-9,18H2,1-2H3,(H,19,21). The third kappa shape index (κ3) is 4.15. The number of anilines is 1. The van der Waals surface area contributed by atoms with Crippen molar-refractivity contribution in [2.24, 2.45) is 11.1 Å². The van der Waals surface area contributed by atoms with Gasteiger partial charge in [-0.1, -0.05) is 25.4 Å². The molecule has 1 aliphatic heterocycles. The van der Waals surface area contributed by atoms with Crippen LogP contribution in [0.25, 0.3) is 0 Å². The van der Waals surface area contributed by atoms with Crippen molar-refractivity contribution in [3.05, 3.63) is 29.0 Å². The second kappa shape index (κ2) is 6.30. The molecule has 0 aliphatic carbocycles. The second-order valence-corrected chi connectivity index (χ2v) is 6.70. The molecule has 1 unspecified atom stereocenters. The molecule has 3 N–H and O–H groups in total. The van der Waals surface area contributed by atoms with Crippen molar-refractivity contribution in [2.75, 3.05) is 25.0 Å². The van der Waals surface area contributed by atoms with E-state index in [1.165, 1.54) is 18.2 Å². The maximum Gasteiger partial charge on any atom is 0.238 e. The third-order valence-electron chi connectivity index (χ3n) is 3.96. The molecule has 0 radical (unpaired) electrons. The van der Waals surface area contributed by atoms with Gasteiger partial charge < -0.3 is 11.1 Å². The zero-order chi connectivity index (χ0) is 15.6. The molecular formula is C15H21ClFN3O. The van der Waals surface area contributed by atoms with E-state index in [1.54, 1.807) is 0 Å². The van der Waals surface area contributed by atoms with Crippen molar-refractivity contribution < 1.29 is 9.18 Å². The average Bonchev–Trinajstić information content (AvgIpc) is 2.38. The number of carbonyl (C=O) groups excluding carboxylic acids is 1. The minimum absolute atomic E-state index is 0.0279. The van der Waals surface area contributed by atoms with E-state index in [2.05, 4.69) is 19.2 Å². The molecule has 6 heteroatoms. The number of benzene rings is 1. The number of piperidine rings is 1. The minimum atomic E-state index is -0.492. The first-order valence-corrected chi connectivity index (χ1v) is 7.38. The smallest absolute Gasteiger partial charge is 0.238 e. The van der Waals surface area contributed by atoms with Gasteiger partial charge in [-0.2, -0.15) is 0 Å². The van der Waals surface area contributed by atoms with E-state index in [1.807, 2.05) is 4.90 Å². The number of halogens is 2. The van der Waals surface area contributed by atoms with E-state index in [0.29, 0.717) is 5.02 Å². The van der Waals surface area contributed by atoms with Crippen LogP contribution < -0.4 is 11.1 Å². The fourth-order valence-electron chi connectivity index (χ4n) is 2.61. The number of rotatable bonds is 3. The Morgan fingerprint density at radius 3 is 2.95 bits per heavy atom. The highest BCUT2D eigenvalue weighted by Crippen LogP contribution is 2.27. The van der Waals surface area contributed by atoms with Crippen LogP contribution in [0, 0.1) is 11.2 Å². The predicted octanol–water partition coefficient (Wildman–Crippen LogP) is 2.48. The Balaban J connectivity index is 1.95. The Hall–Kier alpha value is -1.17. The number of hydrogen-bond acceptors (Lipinski definition) is 3. The lowest BCUT2D eigenvalue weighted by molar-refractivity contribution is -0.118. The number of nitrogens with zero attached hydrogens (tertiary/aromatic N) is 1. The van der Waals surface area contributed by atoms with E-state index < -0.39 is 5.82 Å². The number of likely N-dealkylation sites (tertiary alicyclic amines) is 1. The fraction of sp³-hybridized carbons (Fsp3) is 0.533. The Morgan fingerprint density at radius 1 is 1.57 bits per heavy atom. The molecular weight excluding hydrogens is 293 g/mol. The van der Waals surface area contributed by atoms with E-state index in [4.69, 9.17) is 17.3 Å². The minimum Gasteiger partial charge on any atom is -0.327 e. The second-order valence-electron chi connectivity index (χ2n) is 6.27. The van der Waals surface area contributed by atoms with Gasteiger partial charge in [-0.3, -0.25) is 9.69 Å². The van der Waals surface area contributed by atoms with Crippen LogP contribution in [-0.4, -0.2) is 36.5 Å². The number of amides is 1. The molecule has 21 heavy (non-hydrogen) atoms. The monoisotopic (exact) mass is 313 g/mol. The van der Waals surface area contributed by atoms with Gasteiger partial charge in [-0.15, -0.1) is 0 Å². The average molecular weight is 314 g/mol. The van der Waals surface area contributed by atoms with Gasteiger partial charge in [0.05, 0.1) is 12.2 Å². The summed E-state index contributed by atoms with van der Waals surface area (Å²) in [5.41, 5.74) is 6.16. The summed E-state index contributed by atoms with van der Waals surface area (Å²) in [6.07, 6.45) is 0.853. The van der Waals surface area contributed by atoms with Crippen LogP contribution in [0.4, 0.5) is 10.1 Å². The molecule has 1 aromatic carbocycles. The summed E-state index contributed by atoms with van der Waals surface area (Å²) >= 11 is 5.80. The van der Waals surface area contributed by atoms with Crippen LogP contribution in [0.5, 0.6) is 0 Å². The molecule has 4 nitrogen and oxygen atoms in total. The molecule has 1 aromatic rings. The van der Waals surface area contributed by atoms with Gasteiger partial charge in [-0.25, -0.2) is 4.39 Å². The van der Waals surface area contributed by atoms with Crippen molar-refractivity contribution in [3.8, 4) is 0 Å². The molecule has 0 bridgehead atoms. The summed E-state index contributed by atoms with van der Waals surface area (Å²) < 4.78 is 13.6. The zero-order valence-corrected chi connectivity index (χ0v) is 13.1. The molecule has 1 atom stereocenters. The van der Waals surface area contributed by atoms with Crippen molar-refractivity contribution in [1.82, 2.24) is 4.90 Å². The first kappa shape index (κ1) is 16.2. The Kier molecular flexibility index (Phi) is 4.86. The molecule has 0 spiro atoms. The Morgan fingerprint density at radius 2 is 2.29 bits per heavy atom. The van der Waals surface area contributed by atoms with Crippen LogP contribution in [0.3, 0.4) is 0 Å². The summed E-state index contributed by atoms with van der Waals surface area (Å²) in [5, 5.41) is 2.95. The lowest BCUT2D eigenvalue weighted by Gasteiger charge is -2.42. The lowest BCUT2D eigenvalue weighted by atomic mass is 9.80. The van der Waals surface area contributed by atoms with Crippen LogP contribution in [0.15, 0.2) is 18.2 Å². The predicted molar refractivity (Wildman–Crippen MR) is 82.9 cm³/mol. The van der Waals surface area contributed by atoms with Crippen molar-refractivity contribution in [3.63, 3.8) is 0 Å². The third-order valence-corrected chi connectivity index (χ3v) is 4.20. The summed E-state index contributed by atoms with van der Waals surface area (Å²) in [6, 6.07) is 4.23. The van der Waals surface area contributed by atoms with E-state index in [-0.39, 0.29) is 29.6 Å². The molecule has 1 heterocycles. The van der Waals surface area contributed by atoms with Gasteiger partial charge in [0, 0.05) is 24.2 Å². The number of nitrogens with two attached hydrogens (primary N) is 1. The van der Waals surface area contributed by atoms with E-state index >= 15 is 0 Å². The summed E-state index contributed by atoms with van der Waals surface area (Å²) in [6.45, 7) is 5.94. The largest absolute Gasteiger partial charge is 0.327 e. The highest BCUT2D eigenvalue weighted by atomic mass is 35.5. The van der Waals surface area contributed by atoms with Crippen molar-refractivity contribution in [1.29, 1.82) is 0 Å². The molecule has 1 fully saturated rings. The van der Waals surface area contributed by atoms with E-state index in [0.717, 1.165) is 19.5 Å². The van der Waals surface area contributed by atoms with Crippen LogP contribution in [0.1, 0.15) is 20.3 Å². The molecule has 116 valence electrons. The molecule has 0 aromatic heterocycles. The lowest BCUT2D eigenvalue weighted by Crippen LogP contribution is -2.53.